The zero-order valence-corrected chi connectivity index (χ0v) is 24.4. The van der Waals surface area contributed by atoms with E-state index in [4.69, 9.17) is 11.5 Å². The number of nitrogens with one attached hydrogen (secondary N) is 2. The first-order valence-electron chi connectivity index (χ1n) is 14.6. The highest BCUT2D eigenvalue weighted by Crippen LogP contribution is 2.45. The number of aliphatic hydroxyl groups is 2. The molecule has 44 heavy (non-hydrogen) atoms. The molecular formula is C30H35N9O5. The Kier molecular flexibility index (Phi) is 6.01. The number of aliphatic imine (C=N–C) groups is 2. The molecule has 1 aliphatic carbocycles. The first-order valence-corrected chi connectivity index (χ1v) is 14.6. The van der Waals surface area contributed by atoms with E-state index in [0.29, 0.717) is 11.3 Å². The van der Waals surface area contributed by atoms with Crippen LogP contribution in [0.4, 0.5) is 10.5 Å². The minimum atomic E-state index is -2.65. The summed E-state index contributed by atoms with van der Waals surface area (Å²) in [5.74, 6) is -3.71. The fraction of sp³-hybridized carbons (Fsp3) is 0.433. The summed E-state index contributed by atoms with van der Waals surface area (Å²) in [6.45, 7) is 3.78. The highest BCUT2D eigenvalue weighted by Gasteiger charge is 2.73. The van der Waals surface area contributed by atoms with Gasteiger partial charge < -0.3 is 37.2 Å². The number of anilines is 1. The van der Waals surface area contributed by atoms with Gasteiger partial charge in [0, 0.05) is 17.8 Å². The van der Waals surface area contributed by atoms with Gasteiger partial charge in [-0.2, -0.15) is 0 Å². The van der Waals surface area contributed by atoms with E-state index in [1.54, 1.807) is 30.3 Å². The Labute approximate surface area is 253 Å². The molecule has 14 heteroatoms. The molecule has 8 N–H and O–H groups in total. The van der Waals surface area contributed by atoms with Crippen molar-refractivity contribution in [2.24, 2.45) is 21.5 Å². The minimum absolute atomic E-state index is 0.0671. The highest BCUT2D eigenvalue weighted by molar-refractivity contribution is 6.12. The maximum Gasteiger partial charge on any atom is 0.331 e. The average Bonchev–Trinajstić information content (AvgIpc) is 3.66. The van der Waals surface area contributed by atoms with E-state index < -0.39 is 47.4 Å². The average molecular weight is 602 g/mol. The second kappa shape index (κ2) is 9.40. The Balaban J connectivity index is 1.17. The normalized spacial score (nSPS) is 29.5. The summed E-state index contributed by atoms with van der Waals surface area (Å²) in [5.41, 5.74) is 13.7. The van der Waals surface area contributed by atoms with Crippen LogP contribution in [0.1, 0.15) is 41.8 Å². The van der Waals surface area contributed by atoms with Crippen LogP contribution in [0.5, 0.6) is 0 Å². The number of carbonyl (C=O) groups is 3. The molecule has 2 saturated heterocycles. The second-order valence-electron chi connectivity index (χ2n) is 12.7. The van der Waals surface area contributed by atoms with Crippen LogP contribution < -0.4 is 27.0 Å². The van der Waals surface area contributed by atoms with Crippen LogP contribution in [0, 0.1) is 0 Å². The zero-order chi connectivity index (χ0) is 31.2. The van der Waals surface area contributed by atoms with Gasteiger partial charge in [-0.15, -0.1) is 0 Å². The third-order valence-electron chi connectivity index (χ3n) is 9.75. The number of carbonyl (C=O) groups excluding carboxylic acids is 3. The number of urea groups is 1. The van der Waals surface area contributed by atoms with Crippen molar-refractivity contribution in [3.8, 4) is 0 Å². The van der Waals surface area contributed by atoms with Crippen LogP contribution in [0.2, 0.25) is 0 Å². The lowest BCUT2D eigenvalue weighted by Crippen LogP contribution is -2.78. The molecule has 0 radical (unpaired) electrons. The van der Waals surface area contributed by atoms with E-state index in [-0.39, 0.29) is 37.0 Å². The number of amides is 4. The molecule has 0 bridgehead atoms. The van der Waals surface area contributed by atoms with Crippen molar-refractivity contribution in [1.82, 2.24) is 20.4 Å². The zero-order valence-electron chi connectivity index (χ0n) is 24.4. The van der Waals surface area contributed by atoms with E-state index in [2.05, 4.69) is 34.5 Å². The van der Waals surface area contributed by atoms with Gasteiger partial charge in [0.1, 0.15) is 18.6 Å². The lowest BCUT2D eigenvalue weighted by Gasteiger charge is -2.49. The number of nitrogens with two attached hydrogens (primary N) is 2. The Morgan fingerprint density at radius 3 is 2.59 bits per heavy atom. The molecule has 4 amide bonds. The summed E-state index contributed by atoms with van der Waals surface area (Å²) in [6.07, 6.45) is 1.64. The molecule has 2 aromatic carbocycles. The molecular weight excluding hydrogens is 566 g/mol. The van der Waals surface area contributed by atoms with Gasteiger partial charge >= 0.3 is 6.03 Å². The summed E-state index contributed by atoms with van der Waals surface area (Å²) in [6, 6.07) is 10.6. The summed E-state index contributed by atoms with van der Waals surface area (Å²) in [5, 5.41) is 29.4. The Morgan fingerprint density at radius 2 is 1.84 bits per heavy atom. The number of hydrogen-bond acceptors (Lipinski definition) is 11. The van der Waals surface area contributed by atoms with Crippen molar-refractivity contribution in [1.29, 1.82) is 0 Å². The van der Waals surface area contributed by atoms with Crippen molar-refractivity contribution in [2.75, 3.05) is 24.5 Å². The molecule has 4 aliphatic heterocycles. The van der Waals surface area contributed by atoms with Gasteiger partial charge in [-0.05, 0) is 47.6 Å². The summed E-state index contributed by atoms with van der Waals surface area (Å²) in [7, 11) is 0. The minimum Gasteiger partial charge on any atom is -0.370 e. The van der Waals surface area contributed by atoms with Crippen LogP contribution in [0.3, 0.4) is 0 Å². The van der Waals surface area contributed by atoms with Gasteiger partial charge in [0.05, 0.1) is 12.6 Å². The van der Waals surface area contributed by atoms with Crippen molar-refractivity contribution in [3.63, 3.8) is 0 Å². The number of hydrogen-bond donors (Lipinski definition) is 6. The van der Waals surface area contributed by atoms with E-state index in [9.17, 15) is 24.6 Å². The maximum absolute atomic E-state index is 13.6. The smallest absolute Gasteiger partial charge is 0.331 e. The summed E-state index contributed by atoms with van der Waals surface area (Å²) in [4.78, 5) is 52.8. The Hall–Kier alpha value is -4.69. The van der Waals surface area contributed by atoms with Crippen LogP contribution in [-0.2, 0) is 16.6 Å². The van der Waals surface area contributed by atoms with E-state index >= 15 is 0 Å². The van der Waals surface area contributed by atoms with Crippen LogP contribution in [0.15, 0.2) is 58.5 Å². The second-order valence-corrected chi connectivity index (χ2v) is 12.7. The molecule has 2 fully saturated rings. The Morgan fingerprint density at radius 1 is 1.09 bits per heavy atom. The Bertz CT molecular complexity index is 1640. The van der Waals surface area contributed by atoms with Crippen molar-refractivity contribution in [3.05, 3.63) is 65.2 Å². The number of guanidine groups is 2. The van der Waals surface area contributed by atoms with Crippen molar-refractivity contribution >= 4 is 35.5 Å². The van der Waals surface area contributed by atoms with Gasteiger partial charge in [0.2, 0.25) is 5.79 Å². The number of rotatable bonds is 5. The molecule has 4 heterocycles. The number of benzene rings is 2. The lowest BCUT2D eigenvalue weighted by atomic mass is 9.84. The van der Waals surface area contributed by atoms with Gasteiger partial charge in [-0.25, -0.2) is 14.8 Å². The molecule has 4 atom stereocenters. The molecule has 0 saturated carbocycles. The van der Waals surface area contributed by atoms with E-state index in [1.807, 2.05) is 18.2 Å². The third kappa shape index (κ3) is 3.83. The third-order valence-corrected chi connectivity index (χ3v) is 9.75. The van der Waals surface area contributed by atoms with E-state index in [0.717, 1.165) is 28.9 Å². The highest BCUT2D eigenvalue weighted by atomic mass is 16.5. The van der Waals surface area contributed by atoms with Crippen LogP contribution in [-0.4, -0.2) is 99.0 Å². The van der Waals surface area contributed by atoms with Gasteiger partial charge in [-0.1, -0.05) is 44.2 Å². The van der Waals surface area contributed by atoms with Crippen molar-refractivity contribution in [2.45, 2.75) is 61.7 Å². The number of imide groups is 1. The predicted molar refractivity (Wildman–Crippen MR) is 161 cm³/mol. The fourth-order valence-electron chi connectivity index (χ4n) is 7.46. The standard InChI is InChI=1S/C30H35N9O5/c1-28(2)12-11-17-18(9-6-10-19(17)28)24(41)34-21-14-39-26(32)33-20(23-29(39,30(21,43)44)36-25(31)35-23)13-38-22(40)15-37(27(38)42)16-7-4-3-5-8-16/h3-10,20-21,23,43-44H,11-15H2,1-2H3,(H2,32,33)(H,34,41)(H3,31,35,36)/t20-,21?,23-,29-/m0/s1. The number of fused-ring (bicyclic) bond motifs is 1. The molecule has 230 valence electrons. The maximum atomic E-state index is 13.6. The summed E-state index contributed by atoms with van der Waals surface area (Å²) >= 11 is 0. The van der Waals surface area contributed by atoms with Gasteiger partial charge in [0.25, 0.3) is 11.8 Å². The molecule has 0 aromatic heterocycles. The molecule has 1 unspecified atom stereocenters. The topological polar surface area (TPSA) is 202 Å². The first-order chi connectivity index (χ1) is 20.8. The van der Waals surface area contributed by atoms with Gasteiger partial charge in [-0.3, -0.25) is 19.4 Å². The quantitative estimate of drug-likeness (QED) is 0.186. The molecule has 14 nitrogen and oxygen atoms in total. The van der Waals surface area contributed by atoms with Crippen LogP contribution in [0.25, 0.3) is 0 Å². The molecule has 1 spiro atoms. The largest absolute Gasteiger partial charge is 0.370 e. The fourth-order valence-corrected chi connectivity index (χ4v) is 7.46. The number of para-hydroxylation sites is 1. The SMILES string of the molecule is CC1(C)CCc2c(C(=O)NC3CN4C(N)=N[C@@H](CN5C(=O)CN(c6ccccc6)C5=O)[C@@H]5N=C(N)N[C@@]54C3(O)O)cccc21. The lowest BCUT2D eigenvalue weighted by molar-refractivity contribution is -0.230. The predicted octanol–water partition coefficient (Wildman–Crippen LogP) is -0.846. The van der Waals surface area contributed by atoms with Crippen LogP contribution >= 0.6 is 0 Å². The summed E-state index contributed by atoms with van der Waals surface area (Å²) < 4.78 is 0. The molecule has 5 aliphatic rings. The monoisotopic (exact) mass is 601 g/mol. The molecule has 7 rings (SSSR count). The van der Waals surface area contributed by atoms with Gasteiger partial charge in [0.15, 0.2) is 17.6 Å². The van der Waals surface area contributed by atoms with Crippen molar-refractivity contribution < 1.29 is 24.6 Å². The molecule has 2 aromatic rings. The number of nitrogens with zero attached hydrogens (tertiary/aromatic N) is 5. The van der Waals surface area contributed by atoms with E-state index in [1.165, 1.54) is 9.80 Å². The first kappa shape index (κ1) is 28.1.